The van der Waals surface area contributed by atoms with Crippen molar-refractivity contribution in [2.24, 2.45) is 0 Å². The molecule has 2 heterocycles. The molecular weight excluding hydrogens is 314 g/mol. The van der Waals surface area contributed by atoms with Crippen LogP contribution in [0.25, 0.3) is 11.5 Å². The highest BCUT2D eigenvalue weighted by Gasteiger charge is 2.29. The van der Waals surface area contributed by atoms with Crippen LogP contribution in [0.2, 0.25) is 0 Å². The van der Waals surface area contributed by atoms with Crippen molar-refractivity contribution in [1.82, 2.24) is 14.4 Å². The smallest absolute Gasteiger partial charge is 0.257 e. The average Bonchev–Trinajstić information content (AvgIpc) is 3.05. The van der Waals surface area contributed by atoms with E-state index in [-0.39, 0.29) is 11.7 Å². The van der Waals surface area contributed by atoms with Crippen LogP contribution in [0.5, 0.6) is 0 Å². The third-order valence-electron chi connectivity index (χ3n) is 4.28. The van der Waals surface area contributed by atoms with Gasteiger partial charge in [0.05, 0.1) is 5.75 Å². The number of aromatic nitrogens is 2. The summed E-state index contributed by atoms with van der Waals surface area (Å²) in [5.74, 6) is 1.50. The average molecular weight is 335 g/mol. The first-order valence-electron chi connectivity index (χ1n) is 7.88. The predicted octanol–water partition coefficient (Wildman–Crippen LogP) is 2.57. The van der Waals surface area contributed by atoms with E-state index in [2.05, 4.69) is 10.1 Å². The number of piperidine rings is 1. The van der Waals surface area contributed by atoms with Gasteiger partial charge in [0.2, 0.25) is 10.0 Å². The zero-order valence-electron chi connectivity index (χ0n) is 13.4. The van der Waals surface area contributed by atoms with E-state index in [1.54, 1.807) is 11.2 Å². The van der Waals surface area contributed by atoms with E-state index >= 15 is 0 Å². The van der Waals surface area contributed by atoms with E-state index in [1.165, 1.54) is 0 Å². The summed E-state index contributed by atoms with van der Waals surface area (Å²) in [6, 6.07) is 7.93. The summed E-state index contributed by atoms with van der Waals surface area (Å²) in [5.41, 5.74) is 2.05. The topological polar surface area (TPSA) is 76.3 Å². The minimum absolute atomic E-state index is 0.150. The molecular formula is C16H21N3O3S. The minimum Gasteiger partial charge on any atom is -0.334 e. The van der Waals surface area contributed by atoms with Gasteiger partial charge in [0.15, 0.2) is 5.82 Å². The molecule has 1 aliphatic rings. The van der Waals surface area contributed by atoms with E-state index in [1.807, 2.05) is 31.2 Å². The summed E-state index contributed by atoms with van der Waals surface area (Å²) in [4.78, 5) is 4.51. The number of rotatable bonds is 4. The van der Waals surface area contributed by atoms with Crippen LogP contribution >= 0.6 is 0 Å². The standard InChI is InChI=1S/C16H21N3O3S/c1-3-23(20,21)19-9-7-13(8-10-19)15-17-16(22-18-15)14-6-4-5-12(2)11-14/h4-6,11,13H,3,7-10H2,1-2H3. The first-order chi connectivity index (χ1) is 11.0. The second-order valence-electron chi connectivity index (χ2n) is 5.90. The summed E-state index contributed by atoms with van der Waals surface area (Å²) in [7, 11) is -3.10. The van der Waals surface area contributed by atoms with Crippen LogP contribution in [0, 0.1) is 6.92 Å². The number of aryl methyl sites for hydroxylation is 1. The molecule has 0 atom stereocenters. The van der Waals surface area contributed by atoms with Crippen molar-refractivity contribution >= 4 is 10.0 Å². The number of sulfonamides is 1. The molecule has 0 N–H and O–H groups in total. The minimum atomic E-state index is -3.10. The lowest BCUT2D eigenvalue weighted by molar-refractivity contribution is 0.307. The maximum Gasteiger partial charge on any atom is 0.257 e. The number of nitrogens with zero attached hydrogens (tertiary/aromatic N) is 3. The fraction of sp³-hybridized carbons (Fsp3) is 0.500. The van der Waals surface area contributed by atoms with Gasteiger partial charge in [-0.3, -0.25) is 0 Å². The molecule has 1 aromatic carbocycles. The SMILES string of the molecule is CCS(=O)(=O)N1CCC(c2noc(-c3cccc(C)c3)n2)CC1. The molecule has 0 spiro atoms. The molecule has 3 rings (SSSR count). The summed E-state index contributed by atoms with van der Waals surface area (Å²) < 4.78 is 30.7. The van der Waals surface area contributed by atoms with Crippen molar-refractivity contribution < 1.29 is 12.9 Å². The van der Waals surface area contributed by atoms with Gasteiger partial charge in [0.25, 0.3) is 5.89 Å². The monoisotopic (exact) mass is 335 g/mol. The molecule has 0 amide bonds. The van der Waals surface area contributed by atoms with Crippen LogP contribution in [0.1, 0.15) is 37.1 Å². The van der Waals surface area contributed by atoms with Gasteiger partial charge in [-0.15, -0.1) is 0 Å². The Bertz CT molecular complexity index is 777. The summed E-state index contributed by atoms with van der Waals surface area (Å²) in [6.45, 7) is 4.74. The quantitative estimate of drug-likeness (QED) is 0.858. The van der Waals surface area contributed by atoms with Gasteiger partial charge < -0.3 is 4.52 Å². The maximum absolute atomic E-state index is 11.9. The molecule has 1 saturated heterocycles. The fourth-order valence-corrected chi connectivity index (χ4v) is 4.00. The molecule has 1 aromatic heterocycles. The Kier molecular flexibility index (Phi) is 4.50. The van der Waals surface area contributed by atoms with Gasteiger partial charge in [-0.2, -0.15) is 4.98 Å². The van der Waals surface area contributed by atoms with E-state index < -0.39 is 10.0 Å². The molecule has 124 valence electrons. The van der Waals surface area contributed by atoms with Crippen molar-refractivity contribution in [2.45, 2.75) is 32.6 Å². The van der Waals surface area contributed by atoms with Crippen molar-refractivity contribution in [3.8, 4) is 11.5 Å². The van der Waals surface area contributed by atoms with Crippen LogP contribution in [0.15, 0.2) is 28.8 Å². The normalized spacial score (nSPS) is 17.5. The molecule has 23 heavy (non-hydrogen) atoms. The maximum atomic E-state index is 11.9. The molecule has 6 nitrogen and oxygen atoms in total. The Morgan fingerprint density at radius 2 is 2.04 bits per heavy atom. The Balaban J connectivity index is 1.71. The first kappa shape index (κ1) is 16.1. The lowest BCUT2D eigenvalue weighted by Gasteiger charge is -2.29. The van der Waals surface area contributed by atoms with Crippen LogP contribution in [-0.4, -0.2) is 41.7 Å². The number of hydrogen-bond acceptors (Lipinski definition) is 5. The van der Waals surface area contributed by atoms with Gasteiger partial charge in [-0.25, -0.2) is 12.7 Å². The fourth-order valence-electron chi connectivity index (χ4n) is 2.87. The van der Waals surface area contributed by atoms with E-state index in [0.29, 0.717) is 24.8 Å². The highest BCUT2D eigenvalue weighted by atomic mass is 32.2. The van der Waals surface area contributed by atoms with Gasteiger partial charge >= 0.3 is 0 Å². The third kappa shape index (κ3) is 3.45. The van der Waals surface area contributed by atoms with Crippen molar-refractivity contribution in [2.75, 3.05) is 18.8 Å². The van der Waals surface area contributed by atoms with E-state index in [9.17, 15) is 8.42 Å². The highest BCUT2D eigenvalue weighted by molar-refractivity contribution is 7.89. The molecule has 0 bridgehead atoms. The lowest BCUT2D eigenvalue weighted by Crippen LogP contribution is -2.38. The van der Waals surface area contributed by atoms with Crippen LogP contribution in [-0.2, 0) is 10.0 Å². The zero-order valence-corrected chi connectivity index (χ0v) is 14.2. The van der Waals surface area contributed by atoms with E-state index in [4.69, 9.17) is 4.52 Å². The summed E-state index contributed by atoms with van der Waals surface area (Å²) >= 11 is 0. The second kappa shape index (κ2) is 6.41. The highest BCUT2D eigenvalue weighted by Crippen LogP contribution is 2.29. The van der Waals surface area contributed by atoms with Crippen LogP contribution < -0.4 is 0 Å². The van der Waals surface area contributed by atoms with Gasteiger partial charge in [-0.05, 0) is 38.8 Å². The molecule has 0 unspecified atom stereocenters. The van der Waals surface area contributed by atoms with Crippen molar-refractivity contribution in [1.29, 1.82) is 0 Å². The Morgan fingerprint density at radius 1 is 1.30 bits per heavy atom. The van der Waals surface area contributed by atoms with E-state index in [0.717, 1.165) is 24.0 Å². The molecule has 0 aliphatic carbocycles. The van der Waals surface area contributed by atoms with Gasteiger partial charge in [0.1, 0.15) is 0 Å². The van der Waals surface area contributed by atoms with Crippen molar-refractivity contribution in [3.05, 3.63) is 35.7 Å². The van der Waals surface area contributed by atoms with Crippen molar-refractivity contribution in [3.63, 3.8) is 0 Å². The zero-order chi connectivity index (χ0) is 16.4. The Hall–Kier alpha value is -1.73. The largest absolute Gasteiger partial charge is 0.334 e. The Labute approximate surface area is 136 Å². The number of benzene rings is 1. The van der Waals surface area contributed by atoms with Crippen LogP contribution in [0.4, 0.5) is 0 Å². The first-order valence-corrected chi connectivity index (χ1v) is 9.49. The molecule has 1 aliphatic heterocycles. The second-order valence-corrected chi connectivity index (χ2v) is 8.16. The molecule has 0 radical (unpaired) electrons. The molecule has 7 heteroatoms. The molecule has 1 fully saturated rings. The van der Waals surface area contributed by atoms with Gasteiger partial charge in [0, 0.05) is 24.6 Å². The number of hydrogen-bond donors (Lipinski definition) is 0. The summed E-state index contributed by atoms with van der Waals surface area (Å²) in [5, 5.41) is 4.10. The predicted molar refractivity (Wildman–Crippen MR) is 87.5 cm³/mol. The van der Waals surface area contributed by atoms with Crippen LogP contribution in [0.3, 0.4) is 0 Å². The third-order valence-corrected chi connectivity index (χ3v) is 6.17. The molecule has 0 saturated carbocycles. The lowest BCUT2D eigenvalue weighted by atomic mass is 9.97. The Morgan fingerprint density at radius 3 is 2.70 bits per heavy atom. The summed E-state index contributed by atoms with van der Waals surface area (Å²) in [6.07, 6.45) is 1.46. The molecule has 2 aromatic rings. The van der Waals surface area contributed by atoms with Gasteiger partial charge in [-0.1, -0.05) is 22.9 Å².